The second kappa shape index (κ2) is 8.33. The lowest BCUT2D eigenvalue weighted by molar-refractivity contribution is -0.119. The summed E-state index contributed by atoms with van der Waals surface area (Å²) in [5, 5.41) is 2.87. The maximum absolute atomic E-state index is 12.4. The molecule has 0 radical (unpaired) electrons. The second-order valence-corrected chi connectivity index (χ2v) is 6.90. The van der Waals surface area contributed by atoms with Gasteiger partial charge in [0.05, 0.1) is 31.9 Å². The lowest BCUT2D eigenvalue weighted by atomic mass is 10.1. The molecular weight excluding hydrogens is 354 g/mol. The number of ether oxygens (including phenoxy) is 3. The SMILES string of the molecule is CCOC(=O)c1sc(-c2ccc(OC)cc2)cc1NC(=O)[C@H]1CCOC1. The smallest absolute Gasteiger partial charge is 0.350 e. The molecule has 0 unspecified atom stereocenters. The van der Waals surface area contributed by atoms with Crippen LogP contribution in [0.3, 0.4) is 0 Å². The lowest BCUT2D eigenvalue weighted by Gasteiger charge is -2.09. The molecule has 138 valence electrons. The highest BCUT2D eigenvalue weighted by molar-refractivity contribution is 7.18. The molecule has 0 spiro atoms. The third-order valence-corrected chi connectivity index (χ3v) is 5.29. The van der Waals surface area contributed by atoms with Crippen molar-refractivity contribution in [2.45, 2.75) is 13.3 Å². The minimum absolute atomic E-state index is 0.132. The summed E-state index contributed by atoms with van der Waals surface area (Å²) in [5.74, 6) is 0.00225. The molecule has 1 amide bonds. The summed E-state index contributed by atoms with van der Waals surface area (Å²) in [7, 11) is 1.61. The number of hydrogen-bond acceptors (Lipinski definition) is 6. The Morgan fingerprint density at radius 1 is 1.31 bits per heavy atom. The summed E-state index contributed by atoms with van der Waals surface area (Å²) in [5.41, 5.74) is 1.42. The van der Waals surface area contributed by atoms with Gasteiger partial charge in [0.2, 0.25) is 5.91 Å². The quantitative estimate of drug-likeness (QED) is 0.781. The van der Waals surface area contributed by atoms with Crippen molar-refractivity contribution < 1.29 is 23.8 Å². The van der Waals surface area contributed by atoms with Crippen molar-refractivity contribution in [2.24, 2.45) is 5.92 Å². The van der Waals surface area contributed by atoms with Crippen LogP contribution < -0.4 is 10.1 Å². The second-order valence-electron chi connectivity index (χ2n) is 5.85. The zero-order chi connectivity index (χ0) is 18.5. The molecule has 1 fully saturated rings. The number of methoxy groups -OCH3 is 1. The van der Waals surface area contributed by atoms with Gasteiger partial charge < -0.3 is 19.5 Å². The van der Waals surface area contributed by atoms with E-state index in [1.54, 1.807) is 14.0 Å². The van der Waals surface area contributed by atoms with Crippen LogP contribution in [0.15, 0.2) is 30.3 Å². The van der Waals surface area contributed by atoms with E-state index < -0.39 is 5.97 Å². The molecule has 1 N–H and O–H groups in total. The van der Waals surface area contributed by atoms with Crippen molar-refractivity contribution >= 4 is 28.9 Å². The molecule has 2 aromatic rings. The van der Waals surface area contributed by atoms with E-state index in [1.165, 1.54) is 11.3 Å². The summed E-state index contributed by atoms with van der Waals surface area (Å²) < 4.78 is 15.6. The van der Waals surface area contributed by atoms with Crippen LogP contribution in [0.5, 0.6) is 5.75 Å². The zero-order valence-electron chi connectivity index (χ0n) is 14.7. The van der Waals surface area contributed by atoms with Crippen LogP contribution >= 0.6 is 11.3 Å². The topological polar surface area (TPSA) is 73.9 Å². The van der Waals surface area contributed by atoms with E-state index in [-0.39, 0.29) is 18.4 Å². The van der Waals surface area contributed by atoms with Gasteiger partial charge in [-0.25, -0.2) is 4.79 Å². The van der Waals surface area contributed by atoms with Crippen LogP contribution in [0, 0.1) is 5.92 Å². The average Bonchev–Trinajstić information content (AvgIpc) is 3.32. The van der Waals surface area contributed by atoms with Crippen molar-refractivity contribution in [3.63, 3.8) is 0 Å². The van der Waals surface area contributed by atoms with Gasteiger partial charge in [0.25, 0.3) is 0 Å². The lowest BCUT2D eigenvalue weighted by Crippen LogP contribution is -2.23. The highest BCUT2D eigenvalue weighted by Gasteiger charge is 2.26. The molecule has 2 heterocycles. The molecule has 1 aliphatic heterocycles. The van der Waals surface area contributed by atoms with Gasteiger partial charge >= 0.3 is 5.97 Å². The maximum atomic E-state index is 12.4. The molecule has 1 saturated heterocycles. The summed E-state index contributed by atoms with van der Waals surface area (Å²) in [6.45, 7) is 3.03. The molecule has 1 atom stereocenters. The summed E-state index contributed by atoms with van der Waals surface area (Å²) in [6, 6.07) is 9.35. The molecule has 7 heteroatoms. The monoisotopic (exact) mass is 375 g/mol. The van der Waals surface area contributed by atoms with Gasteiger partial charge in [-0.15, -0.1) is 11.3 Å². The Kier molecular flexibility index (Phi) is 5.90. The molecule has 3 rings (SSSR count). The molecule has 6 nitrogen and oxygen atoms in total. The number of thiophene rings is 1. The highest BCUT2D eigenvalue weighted by atomic mass is 32.1. The van der Waals surface area contributed by atoms with Gasteiger partial charge in [-0.2, -0.15) is 0 Å². The predicted octanol–water partition coefficient (Wildman–Crippen LogP) is 3.58. The van der Waals surface area contributed by atoms with Crippen LogP contribution in [0.25, 0.3) is 10.4 Å². The van der Waals surface area contributed by atoms with Crippen LogP contribution in [0.1, 0.15) is 23.0 Å². The predicted molar refractivity (Wildman–Crippen MR) is 99.8 cm³/mol. The first-order valence-electron chi connectivity index (χ1n) is 8.46. The minimum atomic E-state index is -0.435. The van der Waals surface area contributed by atoms with E-state index in [0.717, 1.165) is 16.2 Å². The number of rotatable bonds is 6. The van der Waals surface area contributed by atoms with Gasteiger partial charge in [-0.05, 0) is 49.2 Å². The fourth-order valence-electron chi connectivity index (χ4n) is 2.71. The number of nitrogens with one attached hydrogen (secondary N) is 1. The number of benzene rings is 1. The standard InChI is InChI=1S/C19H21NO5S/c1-3-25-19(22)17-15(20-18(21)13-8-9-24-11-13)10-16(26-17)12-4-6-14(23-2)7-5-12/h4-7,10,13H,3,8-9,11H2,1-2H3,(H,20,21)/t13-/m0/s1. The van der Waals surface area contributed by atoms with Gasteiger partial charge in [0, 0.05) is 11.5 Å². The Balaban J connectivity index is 1.88. The van der Waals surface area contributed by atoms with E-state index >= 15 is 0 Å². The van der Waals surface area contributed by atoms with E-state index in [9.17, 15) is 9.59 Å². The van der Waals surface area contributed by atoms with Gasteiger partial charge in [0.15, 0.2) is 0 Å². The first-order chi connectivity index (χ1) is 12.6. The number of anilines is 1. The highest BCUT2D eigenvalue weighted by Crippen LogP contribution is 2.36. The first-order valence-corrected chi connectivity index (χ1v) is 9.28. The maximum Gasteiger partial charge on any atom is 0.350 e. The molecule has 0 bridgehead atoms. The third kappa shape index (κ3) is 4.05. The largest absolute Gasteiger partial charge is 0.497 e. The zero-order valence-corrected chi connectivity index (χ0v) is 15.6. The molecule has 1 aromatic carbocycles. The summed E-state index contributed by atoms with van der Waals surface area (Å²) >= 11 is 1.30. The Hall–Kier alpha value is -2.38. The average molecular weight is 375 g/mol. The Morgan fingerprint density at radius 2 is 2.08 bits per heavy atom. The van der Waals surface area contributed by atoms with E-state index in [1.807, 2.05) is 30.3 Å². The number of amides is 1. The number of hydrogen-bond donors (Lipinski definition) is 1. The fourth-order valence-corrected chi connectivity index (χ4v) is 3.72. The van der Waals surface area contributed by atoms with E-state index in [2.05, 4.69) is 5.32 Å². The molecule has 0 aliphatic carbocycles. The Labute approximate surface area is 156 Å². The molecule has 26 heavy (non-hydrogen) atoms. The van der Waals surface area contributed by atoms with Gasteiger partial charge in [0.1, 0.15) is 10.6 Å². The van der Waals surface area contributed by atoms with Crippen LogP contribution in [0.2, 0.25) is 0 Å². The van der Waals surface area contributed by atoms with E-state index in [4.69, 9.17) is 14.2 Å². The van der Waals surface area contributed by atoms with Gasteiger partial charge in [-0.3, -0.25) is 4.79 Å². The Morgan fingerprint density at radius 3 is 2.69 bits per heavy atom. The van der Waals surface area contributed by atoms with Crippen molar-refractivity contribution in [2.75, 3.05) is 32.2 Å². The molecular formula is C19H21NO5S. The van der Waals surface area contributed by atoms with Crippen molar-refractivity contribution in [1.82, 2.24) is 0 Å². The normalized spacial score (nSPS) is 16.3. The van der Waals surface area contributed by atoms with Crippen LogP contribution in [-0.4, -0.2) is 38.8 Å². The summed E-state index contributed by atoms with van der Waals surface area (Å²) in [4.78, 5) is 26.0. The van der Waals surface area contributed by atoms with Crippen molar-refractivity contribution in [1.29, 1.82) is 0 Å². The number of esters is 1. The van der Waals surface area contributed by atoms with Crippen molar-refractivity contribution in [3.8, 4) is 16.2 Å². The number of carbonyl (C=O) groups excluding carboxylic acids is 2. The van der Waals surface area contributed by atoms with Gasteiger partial charge in [-0.1, -0.05) is 0 Å². The molecule has 0 saturated carbocycles. The first kappa shape index (κ1) is 18.4. The Bertz CT molecular complexity index is 778. The van der Waals surface area contributed by atoms with Crippen LogP contribution in [-0.2, 0) is 14.3 Å². The van der Waals surface area contributed by atoms with Crippen molar-refractivity contribution in [3.05, 3.63) is 35.2 Å². The molecule has 1 aliphatic rings. The molecule has 1 aromatic heterocycles. The van der Waals surface area contributed by atoms with E-state index in [0.29, 0.717) is 30.2 Å². The number of carbonyl (C=O) groups is 2. The third-order valence-electron chi connectivity index (χ3n) is 4.13. The van der Waals surface area contributed by atoms with Crippen LogP contribution in [0.4, 0.5) is 5.69 Å². The summed E-state index contributed by atoms with van der Waals surface area (Å²) in [6.07, 6.45) is 0.691. The minimum Gasteiger partial charge on any atom is -0.497 e. The fraction of sp³-hybridized carbons (Fsp3) is 0.368.